The third kappa shape index (κ3) is 3.43. The minimum atomic E-state index is 0.568. The van der Waals surface area contributed by atoms with Crippen LogP contribution in [0, 0.1) is 6.92 Å². The second kappa shape index (κ2) is 6.93. The summed E-state index contributed by atoms with van der Waals surface area (Å²) in [5, 5.41) is 8.88. The Morgan fingerprint density at radius 3 is 2.87 bits per heavy atom. The highest BCUT2D eigenvalue weighted by Gasteiger charge is 2.10. The Morgan fingerprint density at radius 2 is 2.22 bits per heavy atom. The topological polar surface area (TPSA) is 42.8 Å². The van der Waals surface area contributed by atoms with Crippen LogP contribution < -0.4 is 4.80 Å². The van der Waals surface area contributed by atoms with Gasteiger partial charge >= 0.3 is 0 Å². The molecule has 3 heterocycles. The number of aryl methyl sites for hydroxylation is 1. The second-order valence-electron chi connectivity index (χ2n) is 4.92. The number of furan rings is 1. The highest BCUT2D eigenvalue weighted by molar-refractivity contribution is 7.14. The first-order valence-corrected chi connectivity index (χ1v) is 8.93. The van der Waals surface area contributed by atoms with Gasteiger partial charge in [-0.05, 0) is 37.4 Å². The molecule has 0 spiro atoms. The van der Waals surface area contributed by atoms with Gasteiger partial charge in [-0.3, -0.25) is 4.99 Å². The van der Waals surface area contributed by atoms with E-state index in [1.54, 1.807) is 28.7 Å². The normalized spacial score (nSPS) is 12.8. The van der Waals surface area contributed by atoms with Gasteiger partial charge < -0.3 is 4.42 Å². The minimum Gasteiger partial charge on any atom is -0.460 e. The fourth-order valence-electron chi connectivity index (χ4n) is 2.07. The van der Waals surface area contributed by atoms with Crippen LogP contribution in [0.15, 0.2) is 62.2 Å². The minimum absolute atomic E-state index is 0.568. The standard InChI is InChI=1S/C17H17N3OS2/c1-4-9-18-17-20(14(11-23-17)16-6-5-10-22-16)19-13(3)15-8-7-12(2)21-15/h4-8,10-11H,1,9H2,2-3H3. The molecule has 0 saturated heterocycles. The Labute approximate surface area is 142 Å². The van der Waals surface area contributed by atoms with E-state index in [0.29, 0.717) is 6.54 Å². The maximum Gasteiger partial charge on any atom is 0.206 e. The van der Waals surface area contributed by atoms with Crippen LogP contribution in [-0.2, 0) is 0 Å². The molecule has 23 heavy (non-hydrogen) atoms. The van der Waals surface area contributed by atoms with Crippen molar-refractivity contribution in [1.29, 1.82) is 0 Å². The van der Waals surface area contributed by atoms with Crippen molar-refractivity contribution < 1.29 is 4.42 Å². The summed E-state index contributed by atoms with van der Waals surface area (Å²) < 4.78 is 7.54. The third-order valence-electron chi connectivity index (χ3n) is 3.16. The molecule has 0 N–H and O–H groups in total. The highest BCUT2D eigenvalue weighted by atomic mass is 32.1. The molecule has 118 valence electrons. The molecule has 0 atom stereocenters. The Bertz CT molecular complexity index is 895. The van der Waals surface area contributed by atoms with E-state index in [0.717, 1.165) is 32.6 Å². The van der Waals surface area contributed by atoms with E-state index in [4.69, 9.17) is 9.52 Å². The molecule has 0 aliphatic heterocycles. The van der Waals surface area contributed by atoms with Gasteiger partial charge in [0, 0.05) is 5.38 Å². The lowest BCUT2D eigenvalue weighted by atomic mass is 10.3. The number of aromatic nitrogens is 1. The number of thiazole rings is 1. The Balaban J connectivity index is 2.12. The Morgan fingerprint density at radius 1 is 1.35 bits per heavy atom. The van der Waals surface area contributed by atoms with Crippen molar-refractivity contribution in [3.05, 3.63) is 64.0 Å². The molecule has 6 heteroatoms. The average molecular weight is 343 g/mol. The van der Waals surface area contributed by atoms with Crippen molar-refractivity contribution >= 4 is 28.4 Å². The molecule has 0 aliphatic carbocycles. The predicted molar refractivity (Wildman–Crippen MR) is 97.3 cm³/mol. The first-order valence-electron chi connectivity index (χ1n) is 7.17. The summed E-state index contributed by atoms with van der Waals surface area (Å²) >= 11 is 3.26. The van der Waals surface area contributed by atoms with E-state index in [-0.39, 0.29) is 0 Å². The zero-order valence-electron chi connectivity index (χ0n) is 13.0. The quantitative estimate of drug-likeness (QED) is 0.495. The van der Waals surface area contributed by atoms with E-state index in [9.17, 15) is 0 Å². The predicted octanol–water partition coefficient (Wildman–Crippen LogP) is 4.54. The maximum atomic E-state index is 5.66. The van der Waals surface area contributed by atoms with Crippen LogP contribution >= 0.6 is 22.7 Å². The summed E-state index contributed by atoms with van der Waals surface area (Å²) in [4.78, 5) is 6.54. The smallest absolute Gasteiger partial charge is 0.206 e. The second-order valence-corrected chi connectivity index (χ2v) is 6.70. The molecular weight excluding hydrogens is 326 g/mol. The molecular formula is C17H17N3OS2. The van der Waals surface area contributed by atoms with Crippen molar-refractivity contribution in [2.75, 3.05) is 6.54 Å². The van der Waals surface area contributed by atoms with Crippen molar-refractivity contribution in [3.8, 4) is 10.6 Å². The fraction of sp³-hybridized carbons (Fsp3) is 0.176. The van der Waals surface area contributed by atoms with Crippen molar-refractivity contribution in [1.82, 2.24) is 4.68 Å². The summed E-state index contributed by atoms with van der Waals surface area (Å²) in [6.07, 6.45) is 1.78. The lowest BCUT2D eigenvalue weighted by Crippen LogP contribution is -2.14. The number of rotatable bonds is 5. The van der Waals surface area contributed by atoms with Gasteiger partial charge in [-0.15, -0.1) is 29.3 Å². The number of hydrogen-bond acceptors (Lipinski definition) is 5. The van der Waals surface area contributed by atoms with E-state index < -0.39 is 0 Å². The lowest BCUT2D eigenvalue weighted by molar-refractivity contribution is 0.524. The van der Waals surface area contributed by atoms with Crippen molar-refractivity contribution in [2.24, 2.45) is 10.1 Å². The monoisotopic (exact) mass is 343 g/mol. The van der Waals surface area contributed by atoms with Gasteiger partial charge in [-0.1, -0.05) is 12.1 Å². The van der Waals surface area contributed by atoms with Gasteiger partial charge in [0.1, 0.15) is 17.2 Å². The van der Waals surface area contributed by atoms with E-state index in [1.165, 1.54) is 0 Å². The van der Waals surface area contributed by atoms with Gasteiger partial charge in [0.2, 0.25) is 4.80 Å². The molecule has 0 amide bonds. The van der Waals surface area contributed by atoms with Crippen LogP contribution in [0.5, 0.6) is 0 Å². The van der Waals surface area contributed by atoms with Gasteiger partial charge in [0.15, 0.2) is 0 Å². The van der Waals surface area contributed by atoms with Gasteiger partial charge in [0.25, 0.3) is 0 Å². The molecule has 0 saturated carbocycles. The van der Waals surface area contributed by atoms with E-state index in [1.807, 2.05) is 36.7 Å². The zero-order chi connectivity index (χ0) is 16.2. The van der Waals surface area contributed by atoms with Crippen LogP contribution in [0.1, 0.15) is 18.4 Å². The Kier molecular flexibility index (Phi) is 4.73. The molecule has 3 aromatic rings. The molecule has 0 aromatic carbocycles. The summed E-state index contributed by atoms with van der Waals surface area (Å²) in [7, 11) is 0. The van der Waals surface area contributed by atoms with Gasteiger partial charge in [0.05, 0.1) is 17.1 Å². The molecule has 0 bridgehead atoms. The summed E-state index contributed by atoms with van der Waals surface area (Å²) in [5.74, 6) is 1.65. The van der Waals surface area contributed by atoms with Crippen LogP contribution in [0.4, 0.5) is 0 Å². The molecule has 3 aromatic heterocycles. The average Bonchev–Trinajstić information content (AvgIpc) is 3.25. The number of hydrogen-bond donors (Lipinski definition) is 0. The number of thiophene rings is 1. The van der Waals surface area contributed by atoms with Crippen LogP contribution in [0.3, 0.4) is 0 Å². The van der Waals surface area contributed by atoms with Gasteiger partial charge in [-0.2, -0.15) is 5.10 Å². The lowest BCUT2D eigenvalue weighted by Gasteiger charge is -2.03. The van der Waals surface area contributed by atoms with Crippen molar-refractivity contribution in [3.63, 3.8) is 0 Å². The van der Waals surface area contributed by atoms with Gasteiger partial charge in [-0.25, -0.2) is 4.68 Å². The largest absolute Gasteiger partial charge is 0.460 e. The molecule has 0 fully saturated rings. The van der Waals surface area contributed by atoms with Crippen LogP contribution in [0.2, 0.25) is 0 Å². The van der Waals surface area contributed by atoms with E-state index in [2.05, 4.69) is 28.4 Å². The first-order chi connectivity index (χ1) is 11.2. The zero-order valence-corrected chi connectivity index (χ0v) is 14.7. The number of nitrogens with zero attached hydrogens (tertiary/aromatic N) is 3. The maximum absolute atomic E-state index is 5.66. The molecule has 0 radical (unpaired) electrons. The van der Waals surface area contributed by atoms with Crippen LogP contribution in [0.25, 0.3) is 10.6 Å². The molecule has 4 nitrogen and oxygen atoms in total. The Hall–Kier alpha value is -2.18. The van der Waals surface area contributed by atoms with Crippen molar-refractivity contribution in [2.45, 2.75) is 13.8 Å². The third-order valence-corrected chi connectivity index (χ3v) is 4.91. The molecule has 0 aliphatic rings. The molecule has 3 rings (SSSR count). The fourth-order valence-corrected chi connectivity index (χ4v) is 3.70. The summed E-state index contributed by atoms with van der Waals surface area (Å²) in [5.41, 5.74) is 1.85. The molecule has 0 unspecified atom stereocenters. The first kappa shape index (κ1) is 15.7. The van der Waals surface area contributed by atoms with E-state index >= 15 is 0 Å². The SMILES string of the molecule is C=CCN=c1scc(-c2cccs2)n1N=C(C)c1ccc(C)o1. The summed E-state index contributed by atoms with van der Waals surface area (Å²) in [6.45, 7) is 8.16. The highest BCUT2D eigenvalue weighted by Crippen LogP contribution is 2.25. The van der Waals surface area contributed by atoms with Crippen LogP contribution in [-0.4, -0.2) is 16.9 Å². The summed E-state index contributed by atoms with van der Waals surface area (Å²) in [6, 6.07) is 8.00.